The number of rotatable bonds is 3. The van der Waals surface area contributed by atoms with E-state index in [0.717, 1.165) is 0 Å². The highest BCUT2D eigenvalue weighted by atomic mass is 35.5. The number of sulfonamides is 1. The van der Waals surface area contributed by atoms with E-state index in [4.69, 9.17) is 28.3 Å². The molecule has 0 aliphatic carbocycles. The first-order valence-corrected chi connectivity index (χ1v) is 7.97. The van der Waals surface area contributed by atoms with E-state index in [-0.39, 0.29) is 21.2 Å². The van der Waals surface area contributed by atoms with Gasteiger partial charge in [0.05, 0.1) is 15.5 Å². The Morgan fingerprint density at radius 2 is 1.81 bits per heavy atom. The summed E-state index contributed by atoms with van der Waals surface area (Å²) in [6.45, 7) is 0. The second-order valence-corrected chi connectivity index (χ2v) is 6.56. The molecule has 0 saturated carbocycles. The molecule has 5 nitrogen and oxygen atoms in total. The highest BCUT2D eigenvalue weighted by Gasteiger charge is 2.13. The Kier molecular flexibility index (Phi) is 4.53. The molecule has 1 amide bonds. The van der Waals surface area contributed by atoms with Crippen LogP contribution in [-0.2, 0) is 10.0 Å². The quantitative estimate of drug-likeness (QED) is 0.896. The highest BCUT2D eigenvalue weighted by Crippen LogP contribution is 2.22. The predicted molar refractivity (Wildman–Crippen MR) is 82.2 cm³/mol. The van der Waals surface area contributed by atoms with Crippen molar-refractivity contribution in [3.8, 4) is 0 Å². The van der Waals surface area contributed by atoms with Gasteiger partial charge in [-0.25, -0.2) is 13.6 Å². The maximum absolute atomic E-state index is 12.1. The van der Waals surface area contributed by atoms with Crippen molar-refractivity contribution in [2.24, 2.45) is 5.14 Å². The van der Waals surface area contributed by atoms with Gasteiger partial charge in [0.1, 0.15) is 0 Å². The zero-order valence-corrected chi connectivity index (χ0v) is 12.8. The molecule has 0 heterocycles. The van der Waals surface area contributed by atoms with Gasteiger partial charge < -0.3 is 5.32 Å². The van der Waals surface area contributed by atoms with Gasteiger partial charge in [-0.1, -0.05) is 29.3 Å². The fourth-order valence-electron chi connectivity index (χ4n) is 1.62. The van der Waals surface area contributed by atoms with Gasteiger partial charge in [-0.05, 0) is 36.4 Å². The van der Waals surface area contributed by atoms with Crippen LogP contribution in [-0.4, -0.2) is 14.3 Å². The first kappa shape index (κ1) is 15.8. The van der Waals surface area contributed by atoms with Crippen molar-refractivity contribution >= 4 is 44.8 Å². The van der Waals surface area contributed by atoms with Crippen molar-refractivity contribution < 1.29 is 13.2 Å². The van der Waals surface area contributed by atoms with Crippen LogP contribution in [0.2, 0.25) is 10.0 Å². The summed E-state index contributed by atoms with van der Waals surface area (Å²) in [6, 6.07) is 10.1. The molecule has 2 rings (SSSR count). The molecule has 2 aromatic rings. The van der Waals surface area contributed by atoms with Gasteiger partial charge in [0.2, 0.25) is 10.0 Å². The van der Waals surface area contributed by atoms with Crippen LogP contribution in [0.4, 0.5) is 5.69 Å². The van der Waals surface area contributed by atoms with E-state index in [0.29, 0.717) is 5.02 Å². The molecule has 2 aromatic carbocycles. The molecule has 0 aromatic heterocycles. The van der Waals surface area contributed by atoms with Gasteiger partial charge in [-0.15, -0.1) is 0 Å². The molecule has 0 unspecified atom stereocenters. The number of primary sulfonamides is 1. The van der Waals surface area contributed by atoms with Crippen LogP contribution in [0.15, 0.2) is 47.4 Å². The zero-order valence-electron chi connectivity index (χ0n) is 10.5. The van der Waals surface area contributed by atoms with Crippen molar-refractivity contribution in [3.05, 3.63) is 58.1 Å². The molecular weight excluding hydrogens is 335 g/mol. The highest BCUT2D eigenvalue weighted by molar-refractivity contribution is 7.89. The van der Waals surface area contributed by atoms with Crippen molar-refractivity contribution in [1.82, 2.24) is 0 Å². The summed E-state index contributed by atoms with van der Waals surface area (Å²) in [5.41, 5.74) is 0.514. The maximum Gasteiger partial charge on any atom is 0.257 e. The SMILES string of the molecule is NS(=O)(=O)c1cccc(NC(=O)c2ccc(Cl)cc2Cl)c1. The molecular formula is C13H10Cl2N2O3S. The standard InChI is InChI=1S/C13H10Cl2N2O3S/c14-8-4-5-11(12(15)6-8)13(18)17-9-2-1-3-10(7-9)21(16,19)20/h1-7H,(H,17,18)(H2,16,19,20). The number of carbonyl (C=O) groups is 1. The zero-order chi connectivity index (χ0) is 15.6. The van der Waals surface area contributed by atoms with Crippen LogP contribution in [0.25, 0.3) is 0 Å². The number of nitrogens with one attached hydrogen (secondary N) is 1. The fraction of sp³-hybridized carbons (Fsp3) is 0. The molecule has 0 bridgehead atoms. The van der Waals surface area contributed by atoms with Crippen molar-refractivity contribution in [2.45, 2.75) is 4.90 Å². The Bertz CT molecular complexity index is 807. The van der Waals surface area contributed by atoms with Crippen molar-refractivity contribution in [1.29, 1.82) is 0 Å². The molecule has 0 spiro atoms. The predicted octanol–water partition coefficient (Wildman–Crippen LogP) is 2.89. The van der Waals surface area contributed by atoms with E-state index in [1.54, 1.807) is 0 Å². The summed E-state index contributed by atoms with van der Waals surface area (Å²) >= 11 is 11.7. The largest absolute Gasteiger partial charge is 0.322 e. The van der Waals surface area contributed by atoms with E-state index in [9.17, 15) is 13.2 Å². The number of hydrogen-bond donors (Lipinski definition) is 2. The van der Waals surface area contributed by atoms with E-state index >= 15 is 0 Å². The van der Waals surface area contributed by atoms with Gasteiger partial charge in [0, 0.05) is 10.7 Å². The molecule has 21 heavy (non-hydrogen) atoms. The average Bonchev–Trinajstić information content (AvgIpc) is 2.37. The van der Waals surface area contributed by atoms with Gasteiger partial charge in [0.15, 0.2) is 0 Å². The van der Waals surface area contributed by atoms with Crippen LogP contribution < -0.4 is 10.5 Å². The average molecular weight is 345 g/mol. The number of amides is 1. The fourth-order valence-corrected chi connectivity index (χ4v) is 2.68. The number of halogens is 2. The molecule has 3 N–H and O–H groups in total. The van der Waals surface area contributed by atoms with E-state index in [2.05, 4.69) is 5.32 Å². The third kappa shape index (κ3) is 3.95. The number of hydrogen-bond acceptors (Lipinski definition) is 3. The first-order valence-electron chi connectivity index (χ1n) is 5.66. The second-order valence-electron chi connectivity index (χ2n) is 4.15. The Morgan fingerprint density at radius 3 is 2.43 bits per heavy atom. The molecule has 110 valence electrons. The van der Waals surface area contributed by atoms with Crippen LogP contribution in [0, 0.1) is 0 Å². The maximum atomic E-state index is 12.1. The van der Waals surface area contributed by atoms with E-state index < -0.39 is 15.9 Å². The molecule has 0 aliphatic heterocycles. The van der Waals surface area contributed by atoms with E-state index in [1.165, 1.54) is 42.5 Å². The summed E-state index contributed by atoms with van der Waals surface area (Å²) < 4.78 is 22.5. The molecule has 8 heteroatoms. The summed E-state index contributed by atoms with van der Waals surface area (Å²) in [6.07, 6.45) is 0. The molecule has 0 radical (unpaired) electrons. The number of benzene rings is 2. The lowest BCUT2D eigenvalue weighted by Crippen LogP contribution is -2.15. The molecule has 0 aliphatic rings. The van der Waals surface area contributed by atoms with E-state index in [1.807, 2.05) is 0 Å². The van der Waals surface area contributed by atoms with Crippen LogP contribution >= 0.6 is 23.2 Å². The third-order valence-electron chi connectivity index (χ3n) is 2.60. The van der Waals surface area contributed by atoms with Crippen LogP contribution in [0.5, 0.6) is 0 Å². The Hall–Kier alpha value is -1.60. The monoisotopic (exact) mass is 344 g/mol. The summed E-state index contributed by atoms with van der Waals surface area (Å²) in [5.74, 6) is -0.483. The minimum Gasteiger partial charge on any atom is -0.322 e. The number of anilines is 1. The minimum atomic E-state index is -3.83. The summed E-state index contributed by atoms with van der Waals surface area (Å²) in [5, 5.41) is 8.18. The topological polar surface area (TPSA) is 89.3 Å². The minimum absolute atomic E-state index is 0.0949. The summed E-state index contributed by atoms with van der Waals surface area (Å²) in [4.78, 5) is 12.0. The van der Waals surface area contributed by atoms with Crippen LogP contribution in [0.1, 0.15) is 10.4 Å². The van der Waals surface area contributed by atoms with Gasteiger partial charge in [-0.3, -0.25) is 4.79 Å². The number of carbonyl (C=O) groups excluding carboxylic acids is 1. The first-order chi connectivity index (χ1) is 9.77. The van der Waals surface area contributed by atoms with Crippen LogP contribution in [0.3, 0.4) is 0 Å². The summed E-state index contributed by atoms with van der Waals surface area (Å²) in [7, 11) is -3.83. The normalized spacial score (nSPS) is 11.2. The molecule has 0 atom stereocenters. The lowest BCUT2D eigenvalue weighted by atomic mass is 10.2. The smallest absolute Gasteiger partial charge is 0.257 e. The van der Waals surface area contributed by atoms with Gasteiger partial charge in [0.25, 0.3) is 5.91 Å². The van der Waals surface area contributed by atoms with Crippen molar-refractivity contribution in [3.63, 3.8) is 0 Å². The van der Waals surface area contributed by atoms with Crippen molar-refractivity contribution in [2.75, 3.05) is 5.32 Å². The Morgan fingerprint density at radius 1 is 1.10 bits per heavy atom. The number of nitrogens with two attached hydrogens (primary N) is 1. The third-order valence-corrected chi connectivity index (χ3v) is 4.06. The molecule has 0 saturated heterocycles. The lowest BCUT2D eigenvalue weighted by Gasteiger charge is -2.08. The second kappa shape index (κ2) is 6.03. The Balaban J connectivity index is 2.28. The van der Waals surface area contributed by atoms with Gasteiger partial charge in [-0.2, -0.15) is 0 Å². The molecule has 0 fully saturated rings. The Labute approximate surface area is 131 Å². The lowest BCUT2D eigenvalue weighted by molar-refractivity contribution is 0.102. The van der Waals surface area contributed by atoms with Gasteiger partial charge >= 0.3 is 0 Å².